The van der Waals surface area contributed by atoms with Gasteiger partial charge in [-0.3, -0.25) is 0 Å². The predicted octanol–water partition coefficient (Wildman–Crippen LogP) is 2.22. The van der Waals surface area contributed by atoms with Crippen molar-refractivity contribution in [2.75, 3.05) is 0 Å². The third-order valence-electron chi connectivity index (χ3n) is 1.54. The van der Waals surface area contributed by atoms with Crippen LogP contribution in [0.5, 0.6) is 0 Å². The fraction of sp³-hybridized carbons (Fsp3) is 0.222. The zero-order valence-corrected chi connectivity index (χ0v) is 8.49. The van der Waals surface area contributed by atoms with Crippen molar-refractivity contribution in [1.82, 2.24) is 5.32 Å². The largest absolute Gasteiger partial charge is 0.465 e. The summed E-state index contributed by atoms with van der Waals surface area (Å²) in [6.45, 7) is 0. The van der Waals surface area contributed by atoms with Gasteiger partial charge in [0.25, 0.3) is 0 Å². The van der Waals surface area contributed by atoms with Gasteiger partial charge in [-0.15, -0.1) is 0 Å². The summed E-state index contributed by atoms with van der Waals surface area (Å²) in [5.41, 5.74) is 1.10. The molecule has 13 heavy (non-hydrogen) atoms. The molecule has 0 saturated carbocycles. The molecule has 0 saturated heterocycles. The molecule has 1 amide bonds. The second-order valence-corrected chi connectivity index (χ2v) is 3.71. The Hall–Kier alpha value is -1.03. The Kier molecular flexibility index (Phi) is 3.76. The lowest BCUT2D eigenvalue weighted by Gasteiger charge is -2.08. The number of rotatable bonds is 3. The van der Waals surface area contributed by atoms with Crippen molar-refractivity contribution >= 4 is 22.0 Å². The Morgan fingerprint density at radius 3 is 2.62 bits per heavy atom. The SMILES string of the molecule is O=C(O)NC(Br)Cc1ccccc1. The summed E-state index contributed by atoms with van der Waals surface area (Å²) in [5, 5.41) is 10.7. The third-order valence-corrected chi connectivity index (χ3v) is 2.09. The Morgan fingerprint density at radius 1 is 1.46 bits per heavy atom. The van der Waals surface area contributed by atoms with E-state index in [0.717, 1.165) is 5.56 Å². The molecule has 0 aliphatic rings. The van der Waals surface area contributed by atoms with Gasteiger partial charge in [0, 0.05) is 6.42 Å². The van der Waals surface area contributed by atoms with Gasteiger partial charge in [0.2, 0.25) is 0 Å². The Labute approximate surface area is 84.9 Å². The van der Waals surface area contributed by atoms with Crippen LogP contribution in [0.4, 0.5) is 4.79 Å². The zero-order chi connectivity index (χ0) is 9.68. The van der Waals surface area contributed by atoms with Crippen molar-refractivity contribution in [3.8, 4) is 0 Å². The maximum Gasteiger partial charge on any atom is 0.405 e. The normalized spacial score (nSPS) is 12.1. The van der Waals surface area contributed by atoms with E-state index in [1.807, 2.05) is 30.3 Å². The minimum Gasteiger partial charge on any atom is -0.465 e. The van der Waals surface area contributed by atoms with Crippen LogP contribution in [0.15, 0.2) is 30.3 Å². The summed E-state index contributed by atoms with van der Waals surface area (Å²) in [6.07, 6.45) is -0.370. The van der Waals surface area contributed by atoms with Crippen molar-refractivity contribution in [2.45, 2.75) is 11.4 Å². The van der Waals surface area contributed by atoms with Gasteiger partial charge in [0.05, 0.1) is 4.95 Å². The molecular formula is C9H10BrNO2. The van der Waals surface area contributed by atoms with Crippen LogP contribution in [-0.4, -0.2) is 16.2 Å². The molecule has 0 bridgehead atoms. The molecular weight excluding hydrogens is 234 g/mol. The number of carboxylic acid groups (broad SMARTS) is 1. The molecule has 1 aromatic carbocycles. The molecule has 1 atom stereocenters. The van der Waals surface area contributed by atoms with Crippen molar-refractivity contribution in [1.29, 1.82) is 0 Å². The Bertz CT molecular complexity index is 276. The topological polar surface area (TPSA) is 49.3 Å². The number of carbonyl (C=O) groups is 1. The summed E-state index contributed by atoms with van der Waals surface area (Å²) in [4.78, 5) is 10.0. The Morgan fingerprint density at radius 2 is 2.08 bits per heavy atom. The van der Waals surface area contributed by atoms with Crippen molar-refractivity contribution < 1.29 is 9.90 Å². The summed E-state index contributed by atoms with van der Waals surface area (Å²) in [7, 11) is 0. The first-order valence-corrected chi connectivity index (χ1v) is 4.77. The smallest absolute Gasteiger partial charge is 0.405 e. The molecule has 4 heteroatoms. The van der Waals surface area contributed by atoms with Crippen LogP contribution in [0.3, 0.4) is 0 Å². The first-order valence-electron chi connectivity index (χ1n) is 3.86. The van der Waals surface area contributed by atoms with Crippen LogP contribution in [0.1, 0.15) is 5.56 Å². The van der Waals surface area contributed by atoms with Gasteiger partial charge in [-0.25, -0.2) is 4.79 Å². The second-order valence-electron chi connectivity index (χ2n) is 2.61. The minimum atomic E-state index is -1.02. The van der Waals surface area contributed by atoms with E-state index in [2.05, 4.69) is 21.2 Å². The number of amides is 1. The summed E-state index contributed by atoms with van der Waals surface area (Å²) < 4.78 is 0. The van der Waals surface area contributed by atoms with Gasteiger partial charge in [0.1, 0.15) is 0 Å². The highest BCUT2D eigenvalue weighted by atomic mass is 79.9. The van der Waals surface area contributed by atoms with E-state index in [9.17, 15) is 4.79 Å². The molecule has 1 aromatic rings. The molecule has 0 aliphatic carbocycles. The first-order chi connectivity index (χ1) is 6.18. The van der Waals surface area contributed by atoms with Crippen molar-refractivity contribution in [3.05, 3.63) is 35.9 Å². The molecule has 0 spiro atoms. The van der Waals surface area contributed by atoms with Gasteiger partial charge >= 0.3 is 6.09 Å². The lowest BCUT2D eigenvalue weighted by molar-refractivity contribution is 0.193. The van der Waals surface area contributed by atoms with Crippen LogP contribution in [0, 0.1) is 0 Å². The van der Waals surface area contributed by atoms with E-state index in [4.69, 9.17) is 5.11 Å². The van der Waals surface area contributed by atoms with Crippen LogP contribution in [0.2, 0.25) is 0 Å². The van der Waals surface area contributed by atoms with E-state index >= 15 is 0 Å². The Balaban J connectivity index is 2.45. The van der Waals surface area contributed by atoms with E-state index in [0.29, 0.717) is 6.42 Å². The molecule has 70 valence electrons. The average molecular weight is 244 g/mol. The predicted molar refractivity (Wildman–Crippen MR) is 54.0 cm³/mol. The van der Waals surface area contributed by atoms with Gasteiger partial charge in [-0.1, -0.05) is 46.3 Å². The van der Waals surface area contributed by atoms with E-state index < -0.39 is 6.09 Å². The molecule has 0 aliphatic heterocycles. The number of hydrogen-bond donors (Lipinski definition) is 2. The van der Waals surface area contributed by atoms with Crippen LogP contribution >= 0.6 is 15.9 Å². The lowest BCUT2D eigenvalue weighted by Crippen LogP contribution is -2.30. The fourth-order valence-electron chi connectivity index (χ4n) is 1.01. The molecule has 1 unspecified atom stereocenters. The fourth-order valence-corrected chi connectivity index (χ4v) is 1.58. The van der Waals surface area contributed by atoms with Crippen LogP contribution in [-0.2, 0) is 6.42 Å². The maximum absolute atomic E-state index is 10.3. The standard InChI is InChI=1S/C9H10BrNO2/c10-8(11-9(12)13)6-7-4-2-1-3-5-7/h1-5,8,11H,6H2,(H,12,13). The summed E-state index contributed by atoms with van der Waals surface area (Å²) in [5.74, 6) is 0. The molecule has 0 fully saturated rings. The van der Waals surface area contributed by atoms with E-state index in [1.165, 1.54) is 0 Å². The number of alkyl halides is 1. The molecule has 1 rings (SSSR count). The first kappa shape index (κ1) is 10.1. The van der Waals surface area contributed by atoms with E-state index in [-0.39, 0.29) is 4.95 Å². The van der Waals surface area contributed by atoms with Crippen molar-refractivity contribution in [2.24, 2.45) is 0 Å². The van der Waals surface area contributed by atoms with Crippen molar-refractivity contribution in [3.63, 3.8) is 0 Å². The minimum absolute atomic E-state index is 0.229. The van der Waals surface area contributed by atoms with Gasteiger partial charge in [0.15, 0.2) is 0 Å². The quantitative estimate of drug-likeness (QED) is 0.632. The van der Waals surface area contributed by atoms with E-state index in [1.54, 1.807) is 0 Å². The molecule has 0 aromatic heterocycles. The highest BCUT2D eigenvalue weighted by Gasteiger charge is 2.06. The highest BCUT2D eigenvalue weighted by Crippen LogP contribution is 2.06. The average Bonchev–Trinajstić information content (AvgIpc) is 2.04. The van der Waals surface area contributed by atoms with Crippen LogP contribution < -0.4 is 5.32 Å². The maximum atomic E-state index is 10.3. The van der Waals surface area contributed by atoms with Crippen LogP contribution in [0.25, 0.3) is 0 Å². The summed E-state index contributed by atoms with van der Waals surface area (Å²) >= 11 is 3.22. The zero-order valence-electron chi connectivity index (χ0n) is 6.90. The van der Waals surface area contributed by atoms with Gasteiger partial charge < -0.3 is 10.4 Å². The number of nitrogens with one attached hydrogen (secondary N) is 1. The van der Waals surface area contributed by atoms with Gasteiger partial charge in [-0.05, 0) is 5.56 Å². The number of hydrogen-bond acceptors (Lipinski definition) is 1. The molecule has 0 radical (unpaired) electrons. The summed E-state index contributed by atoms with van der Waals surface area (Å²) in [6, 6.07) is 9.69. The molecule has 0 heterocycles. The number of benzene rings is 1. The molecule has 3 nitrogen and oxygen atoms in total. The number of halogens is 1. The molecule has 2 N–H and O–H groups in total. The monoisotopic (exact) mass is 243 g/mol. The lowest BCUT2D eigenvalue weighted by atomic mass is 10.1. The van der Waals surface area contributed by atoms with Gasteiger partial charge in [-0.2, -0.15) is 0 Å². The highest BCUT2D eigenvalue weighted by molar-refractivity contribution is 9.09. The second kappa shape index (κ2) is 4.87. The third kappa shape index (κ3) is 3.94.